The van der Waals surface area contributed by atoms with Gasteiger partial charge in [-0.15, -0.1) is 0 Å². The van der Waals surface area contributed by atoms with Crippen molar-refractivity contribution in [3.05, 3.63) is 53.4 Å². The van der Waals surface area contributed by atoms with Crippen molar-refractivity contribution in [2.75, 3.05) is 24.7 Å². The number of ether oxygens (including phenoxy) is 1. The van der Waals surface area contributed by atoms with Gasteiger partial charge in [-0.25, -0.2) is 9.97 Å². The Labute approximate surface area is 175 Å². The predicted molar refractivity (Wildman–Crippen MR) is 115 cm³/mol. The number of anilines is 1. The highest BCUT2D eigenvalue weighted by Gasteiger charge is 2.24. The minimum Gasteiger partial charge on any atom is -0.377 e. The largest absolute Gasteiger partial charge is 0.377 e. The fourth-order valence-electron chi connectivity index (χ4n) is 4.34. The first kappa shape index (κ1) is 18.9. The number of aryl methyl sites for hydroxylation is 2. The van der Waals surface area contributed by atoms with Gasteiger partial charge >= 0.3 is 0 Å². The lowest BCUT2D eigenvalue weighted by Gasteiger charge is -2.34. The minimum atomic E-state index is -0.492. The van der Waals surface area contributed by atoms with Gasteiger partial charge in [-0.1, -0.05) is 12.2 Å². The molecule has 0 N–H and O–H groups in total. The van der Waals surface area contributed by atoms with Gasteiger partial charge in [0.1, 0.15) is 5.82 Å². The second-order valence-corrected chi connectivity index (χ2v) is 7.99. The van der Waals surface area contributed by atoms with Crippen molar-refractivity contribution in [3.8, 4) is 22.4 Å². The van der Waals surface area contributed by atoms with Crippen molar-refractivity contribution < 1.29 is 9.13 Å². The molecule has 3 aromatic heterocycles. The van der Waals surface area contributed by atoms with Gasteiger partial charge in [0.25, 0.3) is 0 Å². The number of pyridine rings is 2. The topological polar surface area (TPSA) is 56.1 Å². The van der Waals surface area contributed by atoms with Crippen LogP contribution >= 0.6 is 0 Å². The summed E-state index contributed by atoms with van der Waals surface area (Å²) in [5, 5.41) is 4.49. The van der Waals surface area contributed by atoms with Crippen molar-refractivity contribution in [1.82, 2.24) is 19.7 Å². The molecule has 0 bridgehead atoms. The smallest absolute Gasteiger partial charge is 0.222 e. The van der Waals surface area contributed by atoms with Crippen molar-refractivity contribution in [1.29, 1.82) is 0 Å². The molecular formula is C23H24FN5O. The van der Waals surface area contributed by atoms with Crippen LogP contribution in [-0.2, 0) is 18.2 Å². The van der Waals surface area contributed by atoms with Gasteiger partial charge < -0.3 is 9.64 Å². The normalized spacial score (nSPS) is 18.1. The molecule has 1 aliphatic heterocycles. The minimum absolute atomic E-state index is 0.189. The Balaban J connectivity index is 1.73. The van der Waals surface area contributed by atoms with E-state index in [9.17, 15) is 4.39 Å². The molecular weight excluding hydrogens is 381 g/mol. The second-order valence-electron chi connectivity index (χ2n) is 7.99. The Bertz CT molecular complexity index is 1150. The van der Waals surface area contributed by atoms with Gasteiger partial charge in [0, 0.05) is 31.5 Å². The number of rotatable bonds is 3. The molecule has 1 aliphatic carbocycles. The van der Waals surface area contributed by atoms with Gasteiger partial charge in [-0.05, 0) is 49.1 Å². The van der Waals surface area contributed by atoms with Crippen LogP contribution in [0, 0.1) is 12.9 Å². The second kappa shape index (κ2) is 7.32. The fraction of sp³-hybridized carbons (Fsp3) is 0.348. The lowest BCUT2D eigenvalue weighted by atomic mass is 10.00. The quantitative estimate of drug-likeness (QED) is 0.621. The Morgan fingerprint density at radius 2 is 2.13 bits per heavy atom. The molecule has 30 heavy (non-hydrogen) atoms. The Hall–Kier alpha value is -3.06. The van der Waals surface area contributed by atoms with Gasteiger partial charge in [0.15, 0.2) is 0 Å². The number of nitrogens with zero attached hydrogens (tertiary/aromatic N) is 5. The van der Waals surface area contributed by atoms with E-state index in [4.69, 9.17) is 9.72 Å². The zero-order chi connectivity index (χ0) is 20.8. The average Bonchev–Trinajstić information content (AvgIpc) is 3.33. The van der Waals surface area contributed by atoms with Crippen LogP contribution in [-0.4, -0.2) is 45.5 Å². The van der Waals surface area contributed by atoms with E-state index in [-0.39, 0.29) is 6.04 Å². The molecule has 0 unspecified atom stereocenters. The maximum atomic E-state index is 15.0. The highest BCUT2D eigenvalue weighted by Crippen LogP contribution is 2.36. The van der Waals surface area contributed by atoms with E-state index in [2.05, 4.69) is 28.0 Å². The molecule has 1 atom stereocenters. The highest BCUT2D eigenvalue weighted by atomic mass is 19.1. The first-order valence-electron chi connectivity index (χ1n) is 10.2. The predicted octanol–water partition coefficient (Wildman–Crippen LogP) is 3.79. The number of morpholine rings is 1. The van der Waals surface area contributed by atoms with Gasteiger partial charge in [0.05, 0.1) is 36.2 Å². The Morgan fingerprint density at radius 1 is 1.27 bits per heavy atom. The zero-order valence-corrected chi connectivity index (χ0v) is 17.4. The molecule has 0 radical (unpaired) electrons. The molecule has 6 nitrogen and oxygen atoms in total. The Morgan fingerprint density at radius 3 is 2.90 bits per heavy atom. The summed E-state index contributed by atoms with van der Waals surface area (Å²) in [5.41, 5.74) is 5.86. The highest BCUT2D eigenvalue weighted by molar-refractivity contribution is 5.81. The Kier molecular flexibility index (Phi) is 4.62. The summed E-state index contributed by atoms with van der Waals surface area (Å²) >= 11 is 0. The van der Waals surface area contributed by atoms with Gasteiger partial charge in [-0.2, -0.15) is 9.49 Å². The third-order valence-electron chi connectivity index (χ3n) is 5.83. The molecule has 1 saturated heterocycles. The molecule has 4 heterocycles. The number of halogens is 1. The SMILES string of the molecule is Cc1nn(C)cc1-c1cc(-c2c(F)ncc3c2C=CC3)nc(N2CCOC[C@H]2C)c1. The van der Waals surface area contributed by atoms with E-state index in [1.807, 2.05) is 38.4 Å². The first-order valence-corrected chi connectivity index (χ1v) is 10.2. The number of fused-ring (bicyclic) bond motifs is 1. The molecule has 2 aliphatic rings. The summed E-state index contributed by atoms with van der Waals surface area (Å²) in [4.78, 5) is 11.1. The van der Waals surface area contributed by atoms with Crippen LogP contribution < -0.4 is 4.90 Å². The number of hydrogen-bond acceptors (Lipinski definition) is 5. The summed E-state index contributed by atoms with van der Waals surface area (Å²) in [6.45, 7) is 6.14. The molecule has 0 saturated carbocycles. The molecule has 154 valence electrons. The van der Waals surface area contributed by atoms with Crippen molar-refractivity contribution in [3.63, 3.8) is 0 Å². The number of aromatic nitrogens is 4. The van der Waals surface area contributed by atoms with Crippen LogP contribution in [0.2, 0.25) is 0 Å². The third kappa shape index (κ3) is 3.19. The van der Waals surface area contributed by atoms with Crippen LogP contribution in [0.3, 0.4) is 0 Å². The van der Waals surface area contributed by atoms with Crippen LogP contribution in [0.15, 0.2) is 30.6 Å². The monoisotopic (exact) mass is 405 g/mol. The van der Waals surface area contributed by atoms with E-state index in [1.165, 1.54) is 0 Å². The zero-order valence-electron chi connectivity index (χ0n) is 17.4. The summed E-state index contributed by atoms with van der Waals surface area (Å²) in [5.74, 6) is 0.328. The number of allylic oxidation sites excluding steroid dienone is 1. The maximum Gasteiger partial charge on any atom is 0.222 e. The van der Waals surface area contributed by atoms with E-state index in [1.54, 1.807) is 10.9 Å². The van der Waals surface area contributed by atoms with E-state index < -0.39 is 5.95 Å². The van der Waals surface area contributed by atoms with Crippen LogP contribution in [0.25, 0.3) is 28.5 Å². The molecule has 1 fully saturated rings. The summed E-state index contributed by atoms with van der Waals surface area (Å²) in [6, 6.07) is 4.21. The van der Waals surface area contributed by atoms with Gasteiger partial charge in [0.2, 0.25) is 5.95 Å². The van der Waals surface area contributed by atoms with Crippen molar-refractivity contribution in [2.24, 2.45) is 7.05 Å². The maximum absolute atomic E-state index is 15.0. The summed E-state index contributed by atoms with van der Waals surface area (Å²) < 4.78 is 22.4. The molecule has 3 aromatic rings. The first-order chi connectivity index (χ1) is 14.5. The molecule has 0 aromatic carbocycles. The van der Waals surface area contributed by atoms with Crippen LogP contribution in [0.5, 0.6) is 0 Å². The molecule has 0 spiro atoms. The van der Waals surface area contributed by atoms with E-state index in [0.717, 1.165) is 46.7 Å². The summed E-state index contributed by atoms with van der Waals surface area (Å²) in [7, 11) is 1.90. The fourth-order valence-corrected chi connectivity index (χ4v) is 4.34. The lowest BCUT2D eigenvalue weighted by Crippen LogP contribution is -2.44. The lowest BCUT2D eigenvalue weighted by molar-refractivity contribution is 0.0985. The molecule has 7 heteroatoms. The summed E-state index contributed by atoms with van der Waals surface area (Å²) in [6.07, 6.45) is 8.38. The average molecular weight is 405 g/mol. The van der Waals surface area contributed by atoms with Crippen LogP contribution in [0.1, 0.15) is 23.7 Å². The third-order valence-corrected chi connectivity index (χ3v) is 5.83. The van der Waals surface area contributed by atoms with Crippen molar-refractivity contribution >= 4 is 11.9 Å². The number of hydrogen-bond donors (Lipinski definition) is 0. The standard InChI is InChI=1S/C23H24FN5O/c1-14-13-30-8-7-29(14)21-10-17(19-12-28(3)27-15(19)2)9-20(26-21)22-18-6-4-5-16(18)11-25-23(22)24/h4,6,9-12,14H,5,7-8,13H2,1-3H3/t14-/m1/s1. The van der Waals surface area contributed by atoms with Gasteiger partial charge in [-0.3, -0.25) is 4.68 Å². The van der Waals surface area contributed by atoms with E-state index in [0.29, 0.717) is 24.5 Å². The molecule has 5 rings (SSSR count). The van der Waals surface area contributed by atoms with E-state index >= 15 is 0 Å². The molecule has 0 amide bonds. The van der Waals surface area contributed by atoms with Crippen molar-refractivity contribution in [2.45, 2.75) is 26.3 Å². The van der Waals surface area contributed by atoms with Crippen LogP contribution in [0.4, 0.5) is 10.2 Å².